The highest BCUT2D eigenvalue weighted by Gasteiger charge is 2.55. The molecule has 2 heterocycles. The lowest BCUT2D eigenvalue weighted by atomic mass is 9.78. The first kappa shape index (κ1) is 15.3. The van der Waals surface area contributed by atoms with E-state index in [0.717, 1.165) is 38.5 Å². The van der Waals surface area contributed by atoms with Crippen LogP contribution in [-0.2, 0) is 14.3 Å². The summed E-state index contributed by atoms with van der Waals surface area (Å²) in [7, 11) is 0. The zero-order valence-corrected chi connectivity index (χ0v) is 12.3. The Morgan fingerprint density at radius 1 is 1.25 bits per heavy atom. The molecule has 2 aliphatic heterocycles. The van der Waals surface area contributed by atoms with Crippen molar-refractivity contribution < 1.29 is 19.4 Å². The number of nitrogens with one attached hydrogen (secondary N) is 1. The van der Waals surface area contributed by atoms with Crippen molar-refractivity contribution in [1.29, 1.82) is 0 Å². The Hall–Kier alpha value is -1.10. The summed E-state index contributed by atoms with van der Waals surface area (Å²) in [6, 6.07) is 0.0996. The van der Waals surface area contributed by atoms with E-state index in [9.17, 15) is 14.7 Å². The number of carboxylic acid groups (broad SMARTS) is 1. The van der Waals surface area contributed by atoms with E-state index in [4.69, 9.17) is 4.74 Å². The van der Waals surface area contributed by atoms with Crippen LogP contribution in [0.4, 0.5) is 0 Å². The van der Waals surface area contributed by atoms with Gasteiger partial charge in [0.1, 0.15) is 0 Å². The molecule has 5 atom stereocenters. The van der Waals surface area contributed by atoms with Gasteiger partial charge in [0.15, 0.2) is 0 Å². The van der Waals surface area contributed by atoms with Gasteiger partial charge in [0.2, 0.25) is 5.91 Å². The lowest BCUT2D eigenvalue weighted by Gasteiger charge is -2.25. The third-order valence-corrected chi connectivity index (χ3v) is 4.49. The zero-order valence-electron chi connectivity index (χ0n) is 12.3. The number of unbranched alkanes of at least 4 members (excludes halogenated alkanes) is 2. The number of amides is 1. The molecule has 0 aromatic heterocycles. The molecule has 0 unspecified atom stereocenters. The summed E-state index contributed by atoms with van der Waals surface area (Å²) in [4.78, 5) is 23.7. The lowest BCUT2D eigenvalue weighted by Crippen LogP contribution is -2.46. The maximum absolute atomic E-state index is 12.3. The van der Waals surface area contributed by atoms with Crippen molar-refractivity contribution in [1.82, 2.24) is 5.32 Å². The summed E-state index contributed by atoms with van der Waals surface area (Å²) in [5.41, 5.74) is 0. The van der Waals surface area contributed by atoms with E-state index >= 15 is 0 Å². The highest BCUT2D eigenvalue weighted by atomic mass is 16.5. The highest BCUT2D eigenvalue weighted by Crippen LogP contribution is 2.43. The van der Waals surface area contributed by atoms with Gasteiger partial charge in [0.25, 0.3) is 0 Å². The average Bonchev–Trinajstić information content (AvgIpc) is 2.98. The summed E-state index contributed by atoms with van der Waals surface area (Å²) in [6.45, 7) is 4.13. The number of hydrogen-bond acceptors (Lipinski definition) is 3. The van der Waals surface area contributed by atoms with Crippen LogP contribution in [0.5, 0.6) is 0 Å². The molecule has 2 aliphatic rings. The Kier molecular flexibility index (Phi) is 5.02. The molecular weight excluding hydrogens is 258 g/mol. The molecule has 2 fully saturated rings. The number of carbonyl (C=O) groups excluding carboxylic acids is 1. The van der Waals surface area contributed by atoms with Crippen molar-refractivity contribution in [3.8, 4) is 0 Å². The first-order chi connectivity index (χ1) is 9.54. The van der Waals surface area contributed by atoms with Gasteiger partial charge in [0.05, 0.1) is 24.0 Å². The van der Waals surface area contributed by atoms with Gasteiger partial charge in [-0.25, -0.2) is 0 Å². The zero-order chi connectivity index (χ0) is 14.7. The number of rotatable bonds is 7. The largest absolute Gasteiger partial charge is 0.481 e. The van der Waals surface area contributed by atoms with Gasteiger partial charge in [-0.1, -0.05) is 26.2 Å². The average molecular weight is 283 g/mol. The fourth-order valence-electron chi connectivity index (χ4n) is 3.44. The minimum Gasteiger partial charge on any atom is -0.481 e. The van der Waals surface area contributed by atoms with E-state index in [1.165, 1.54) is 0 Å². The Labute approximate surface area is 120 Å². The number of carboxylic acids is 1. The van der Waals surface area contributed by atoms with Gasteiger partial charge in [0, 0.05) is 6.04 Å². The molecule has 5 heteroatoms. The number of carbonyl (C=O) groups is 2. The van der Waals surface area contributed by atoms with Crippen molar-refractivity contribution in [2.75, 3.05) is 0 Å². The van der Waals surface area contributed by atoms with Gasteiger partial charge >= 0.3 is 5.97 Å². The Morgan fingerprint density at radius 2 is 1.90 bits per heavy atom. The minimum absolute atomic E-state index is 0.0996. The van der Waals surface area contributed by atoms with Crippen LogP contribution >= 0.6 is 0 Å². The Balaban J connectivity index is 1.89. The van der Waals surface area contributed by atoms with Crippen molar-refractivity contribution in [3.05, 3.63) is 0 Å². The monoisotopic (exact) mass is 283 g/mol. The van der Waals surface area contributed by atoms with Crippen molar-refractivity contribution >= 4 is 11.9 Å². The Bertz CT molecular complexity index is 371. The molecule has 0 aliphatic carbocycles. The number of ether oxygens (including phenoxy) is 1. The van der Waals surface area contributed by atoms with Crippen LogP contribution in [0, 0.1) is 11.8 Å². The predicted octanol–water partition coefficient (Wildman–Crippen LogP) is 1.95. The number of aliphatic carboxylic acids is 1. The van der Waals surface area contributed by atoms with Crippen molar-refractivity contribution in [2.45, 2.75) is 70.6 Å². The molecular formula is C15H25NO4. The number of hydrogen-bond donors (Lipinski definition) is 2. The topological polar surface area (TPSA) is 75.6 Å². The standard InChI is InChI=1S/C15H25NO4/c1-3-4-5-6-9(2)16-14(17)12-10-7-8-11(20-10)13(12)15(18)19/h9-13H,3-8H2,1-2H3,(H,16,17)(H,18,19)/t9-,10+,11+,12-,13-/m0/s1. The SMILES string of the molecule is CCCCC[C@H](C)NC(=O)[C@@H]1[C@@H](C(=O)O)[C@H]2CC[C@H]1O2. The Morgan fingerprint density at radius 3 is 2.50 bits per heavy atom. The normalized spacial score (nSPS) is 33.1. The first-order valence-corrected chi connectivity index (χ1v) is 7.73. The molecule has 0 radical (unpaired) electrons. The van der Waals surface area contributed by atoms with Crippen molar-refractivity contribution in [2.24, 2.45) is 11.8 Å². The van der Waals surface area contributed by atoms with Gasteiger partial charge < -0.3 is 15.2 Å². The van der Waals surface area contributed by atoms with Crippen LogP contribution in [0.25, 0.3) is 0 Å². The summed E-state index contributed by atoms with van der Waals surface area (Å²) >= 11 is 0. The van der Waals surface area contributed by atoms with Gasteiger partial charge in [-0.3, -0.25) is 9.59 Å². The second-order valence-electron chi connectivity index (χ2n) is 6.09. The smallest absolute Gasteiger partial charge is 0.310 e. The van der Waals surface area contributed by atoms with Crippen molar-refractivity contribution in [3.63, 3.8) is 0 Å². The molecule has 5 nitrogen and oxygen atoms in total. The van der Waals surface area contributed by atoms with Crippen LogP contribution in [0.15, 0.2) is 0 Å². The summed E-state index contributed by atoms with van der Waals surface area (Å²) in [5, 5.41) is 12.3. The van der Waals surface area contributed by atoms with E-state index in [1.807, 2.05) is 6.92 Å². The molecule has 20 heavy (non-hydrogen) atoms. The summed E-state index contributed by atoms with van der Waals surface area (Å²) in [6.07, 6.45) is 5.44. The van der Waals surface area contributed by atoms with Gasteiger partial charge in [-0.05, 0) is 26.2 Å². The van der Waals surface area contributed by atoms with Crippen LogP contribution in [0.3, 0.4) is 0 Å². The van der Waals surface area contributed by atoms with E-state index in [0.29, 0.717) is 0 Å². The molecule has 2 bridgehead atoms. The molecule has 2 N–H and O–H groups in total. The lowest BCUT2D eigenvalue weighted by molar-refractivity contribution is -0.148. The summed E-state index contributed by atoms with van der Waals surface area (Å²) in [5.74, 6) is -2.24. The first-order valence-electron chi connectivity index (χ1n) is 7.73. The van der Waals surface area contributed by atoms with Gasteiger partial charge in [-0.15, -0.1) is 0 Å². The maximum Gasteiger partial charge on any atom is 0.310 e. The van der Waals surface area contributed by atoms with E-state index in [1.54, 1.807) is 0 Å². The molecule has 114 valence electrons. The van der Waals surface area contributed by atoms with Crippen LogP contribution in [0.2, 0.25) is 0 Å². The number of fused-ring (bicyclic) bond motifs is 2. The quantitative estimate of drug-likeness (QED) is 0.700. The second-order valence-corrected chi connectivity index (χ2v) is 6.09. The minimum atomic E-state index is -0.906. The molecule has 1 amide bonds. The maximum atomic E-state index is 12.3. The fraction of sp³-hybridized carbons (Fsp3) is 0.867. The molecule has 0 saturated carbocycles. The predicted molar refractivity (Wildman–Crippen MR) is 74.3 cm³/mol. The molecule has 0 spiro atoms. The summed E-state index contributed by atoms with van der Waals surface area (Å²) < 4.78 is 5.62. The highest BCUT2D eigenvalue weighted by molar-refractivity contribution is 5.86. The van der Waals surface area contributed by atoms with Crippen LogP contribution in [-0.4, -0.2) is 35.2 Å². The van der Waals surface area contributed by atoms with Gasteiger partial charge in [-0.2, -0.15) is 0 Å². The third-order valence-electron chi connectivity index (χ3n) is 4.49. The second kappa shape index (κ2) is 6.57. The van der Waals surface area contributed by atoms with E-state index in [-0.39, 0.29) is 24.2 Å². The fourth-order valence-corrected chi connectivity index (χ4v) is 3.44. The molecule has 2 rings (SSSR count). The van der Waals surface area contributed by atoms with E-state index in [2.05, 4.69) is 12.2 Å². The van der Waals surface area contributed by atoms with E-state index < -0.39 is 17.8 Å². The molecule has 2 saturated heterocycles. The molecule has 0 aromatic rings. The van der Waals surface area contributed by atoms with Crippen LogP contribution < -0.4 is 5.32 Å². The van der Waals surface area contributed by atoms with Crippen LogP contribution in [0.1, 0.15) is 52.4 Å². The third kappa shape index (κ3) is 3.14. The molecule has 0 aromatic carbocycles.